The minimum atomic E-state index is -1.52. The van der Waals surface area contributed by atoms with Gasteiger partial charge in [-0.3, -0.25) is 14.6 Å². The fourth-order valence-corrected chi connectivity index (χ4v) is 4.91. The Balaban J connectivity index is 1.33. The fraction of sp³-hybridized carbons (Fsp3) is 0.407. The first-order chi connectivity index (χ1) is 18.0. The Labute approximate surface area is 217 Å². The number of likely N-dealkylation sites (tertiary alicyclic amines) is 1. The van der Waals surface area contributed by atoms with Crippen LogP contribution in [0.2, 0.25) is 0 Å². The minimum absolute atomic E-state index is 0.0807. The van der Waals surface area contributed by atoms with Crippen LogP contribution in [-0.2, 0) is 16.9 Å². The summed E-state index contributed by atoms with van der Waals surface area (Å²) in [6, 6.07) is 3.75. The first-order valence-corrected chi connectivity index (χ1v) is 12.4. The van der Waals surface area contributed by atoms with Crippen LogP contribution < -0.4 is 0 Å². The third-order valence-corrected chi connectivity index (χ3v) is 7.13. The number of nitrogens with zero attached hydrogens (tertiary/aromatic N) is 5. The molecule has 2 aliphatic heterocycles. The molecular formula is C27H28F3N5O3. The van der Waals surface area contributed by atoms with Crippen molar-refractivity contribution in [1.82, 2.24) is 19.7 Å². The fourth-order valence-electron chi connectivity index (χ4n) is 4.91. The molecule has 2 aliphatic rings. The van der Waals surface area contributed by atoms with Gasteiger partial charge in [0.25, 0.3) is 0 Å². The second-order valence-corrected chi connectivity index (χ2v) is 10.8. The number of carbonyl (C=O) groups is 1. The van der Waals surface area contributed by atoms with Crippen LogP contribution in [0.1, 0.15) is 61.5 Å². The molecule has 0 atom stereocenters. The monoisotopic (exact) mass is 527 g/mol. The largest absolute Gasteiger partial charge is 0.478 e. The number of halogens is 3. The highest BCUT2D eigenvalue weighted by Gasteiger charge is 2.43. The first-order valence-electron chi connectivity index (χ1n) is 12.4. The molecule has 3 aromatic rings. The van der Waals surface area contributed by atoms with Gasteiger partial charge < -0.3 is 9.94 Å². The van der Waals surface area contributed by atoms with Gasteiger partial charge in [-0.05, 0) is 39.0 Å². The first kappa shape index (κ1) is 25.9. The van der Waals surface area contributed by atoms with Gasteiger partial charge in [-0.15, -0.1) is 0 Å². The molecule has 2 aromatic heterocycles. The van der Waals surface area contributed by atoms with E-state index in [1.807, 2.05) is 27.0 Å². The van der Waals surface area contributed by atoms with Crippen LogP contribution in [0.25, 0.3) is 11.3 Å². The summed E-state index contributed by atoms with van der Waals surface area (Å²) in [5, 5.41) is 18.3. The molecule has 200 valence electrons. The van der Waals surface area contributed by atoms with E-state index in [9.17, 15) is 23.1 Å². The van der Waals surface area contributed by atoms with E-state index in [4.69, 9.17) is 4.84 Å². The molecular weight excluding hydrogens is 499 g/mol. The highest BCUT2D eigenvalue weighted by Crippen LogP contribution is 2.38. The van der Waals surface area contributed by atoms with Crippen molar-refractivity contribution in [3.05, 3.63) is 70.9 Å². The summed E-state index contributed by atoms with van der Waals surface area (Å²) in [7, 11) is 0. The van der Waals surface area contributed by atoms with Gasteiger partial charge in [-0.25, -0.2) is 18.0 Å². The van der Waals surface area contributed by atoms with Crippen LogP contribution in [0, 0.1) is 17.5 Å². The van der Waals surface area contributed by atoms with Crippen molar-refractivity contribution in [2.24, 2.45) is 5.16 Å². The van der Waals surface area contributed by atoms with E-state index in [0.29, 0.717) is 55.7 Å². The van der Waals surface area contributed by atoms with Crippen LogP contribution in [0.4, 0.5) is 13.2 Å². The number of aromatic nitrogens is 3. The number of hydrogen-bond acceptors (Lipinski definition) is 6. The summed E-state index contributed by atoms with van der Waals surface area (Å²) in [4.78, 5) is 23.5. The second kappa shape index (κ2) is 9.54. The summed E-state index contributed by atoms with van der Waals surface area (Å²) in [5.41, 5.74) is 1.12. The van der Waals surface area contributed by atoms with Crippen LogP contribution in [-0.4, -0.2) is 55.1 Å². The van der Waals surface area contributed by atoms with Crippen molar-refractivity contribution in [1.29, 1.82) is 0 Å². The Hall–Kier alpha value is -3.73. The Kier molecular flexibility index (Phi) is 6.50. The summed E-state index contributed by atoms with van der Waals surface area (Å²) in [6.45, 7) is 7.58. The number of carboxylic acid groups (broad SMARTS) is 1. The van der Waals surface area contributed by atoms with E-state index in [2.05, 4.69) is 20.1 Å². The van der Waals surface area contributed by atoms with Crippen LogP contribution in [0.15, 0.2) is 41.9 Å². The molecule has 0 unspecified atom stereocenters. The molecule has 1 fully saturated rings. The molecule has 0 bridgehead atoms. The van der Waals surface area contributed by atoms with Crippen molar-refractivity contribution in [2.45, 2.75) is 57.7 Å². The van der Waals surface area contributed by atoms with Crippen molar-refractivity contribution in [3.8, 4) is 11.3 Å². The van der Waals surface area contributed by atoms with Crippen molar-refractivity contribution in [2.75, 3.05) is 13.1 Å². The van der Waals surface area contributed by atoms with Gasteiger partial charge in [0, 0.05) is 74.2 Å². The Bertz CT molecular complexity index is 1420. The lowest BCUT2D eigenvalue weighted by Gasteiger charge is -2.37. The number of carboxylic acids is 1. The van der Waals surface area contributed by atoms with Gasteiger partial charge in [0.15, 0.2) is 17.5 Å². The average Bonchev–Trinajstić information content (AvgIpc) is 3.49. The molecule has 0 radical (unpaired) electrons. The highest BCUT2D eigenvalue weighted by atomic mass is 19.2. The van der Waals surface area contributed by atoms with E-state index >= 15 is 0 Å². The molecule has 4 heterocycles. The maximum Gasteiger partial charge on any atom is 0.337 e. The third-order valence-electron chi connectivity index (χ3n) is 7.13. The number of piperidine rings is 1. The number of oxime groups is 1. The van der Waals surface area contributed by atoms with Crippen molar-refractivity contribution < 1.29 is 27.9 Å². The number of aromatic carboxylic acids is 1. The molecule has 8 nitrogen and oxygen atoms in total. The smallest absolute Gasteiger partial charge is 0.337 e. The van der Waals surface area contributed by atoms with Gasteiger partial charge in [0.05, 0.1) is 22.5 Å². The molecule has 38 heavy (non-hydrogen) atoms. The molecule has 1 spiro atoms. The van der Waals surface area contributed by atoms with Crippen molar-refractivity contribution in [3.63, 3.8) is 0 Å². The quantitative estimate of drug-likeness (QED) is 0.471. The van der Waals surface area contributed by atoms with Gasteiger partial charge in [0.1, 0.15) is 5.60 Å². The zero-order chi connectivity index (χ0) is 27.2. The lowest BCUT2D eigenvalue weighted by molar-refractivity contribution is -0.0626. The molecule has 0 aliphatic carbocycles. The van der Waals surface area contributed by atoms with E-state index in [-0.39, 0.29) is 16.8 Å². The molecule has 11 heteroatoms. The van der Waals surface area contributed by atoms with Crippen LogP contribution in [0.3, 0.4) is 0 Å². The number of rotatable bonds is 5. The number of benzene rings is 1. The number of pyridine rings is 1. The maximum absolute atomic E-state index is 14.7. The Morgan fingerprint density at radius 1 is 1.11 bits per heavy atom. The van der Waals surface area contributed by atoms with E-state index in [0.717, 1.165) is 6.07 Å². The average molecular weight is 528 g/mol. The van der Waals surface area contributed by atoms with Crippen molar-refractivity contribution >= 4 is 11.7 Å². The lowest BCUT2D eigenvalue weighted by atomic mass is 9.85. The molecule has 0 amide bonds. The third kappa shape index (κ3) is 4.78. The molecule has 1 aromatic carbocycles. The SMILES string of the molecule is CC(C)(C)n1cc(CN2CCC3(CC2)CC(c2ccncc2C(=O)O)=NO3)c(-c2ccc(F)c(F)c2F)n1. The Morgan fingerprint density at radius 3 is 2.53 bits per heavy atom. The van der Waals surface area contributed by atoms with Crippen LogP contribution in [0.5, 0.6) is 0 Å². The minimum Gasteiger partial charge on any atom is -0.478 e. The standard InChI is InChI=1S/C27H28F3N5O3/c1-26(2,3)35-15-16(24(32-35)18-4-5-20(28)23(30)22(18)29)14-34-10-7-27(8-11-34)12-21(33-38-27)17-6-9-31-13-19(17)25(36)37/h4-6,9,13,15H,7-8,10-12,14H2,1-3H3,(H,36,37). The van der Waals surface area contributed by atoms with E-state index < -0.39 is 34.6 Å². The van der Waals surface area contributed by atoms with Gasteiger partial charge >= 0.3 is 5.97 Å². The molecule has 1 N–H and O–H groups in total. The van der Waals surface area contributed by atoms with Crippen LogP contribution >= 0.6 is 0 Å². The van der Waals surface area contributed by atoms with Gasteiger partial charge in [-0.1, -0.05) is 5.16 Å². The maximum atomic E-state index is 14.7. The summed E-state index contributed by atoms with van der Waals surface area (Å²) in [6.07, 6.45) is 6.44. The predicted octanol–water partition coefficient (Wildman–Crippen LogP) is 4.97. The summed E-state index contributed by atoms with van der Waals surface area (Å²) >= 11 is 0. The predicted molar refractivity (Wildman–Crippen MR) is 133 cm³/mol. The summed E-state index contributed by atoms with van der Waals surface area (Å²) in [5.74, 6) is -5.10. The van der Waals surface area contributed by atoms with E-state index in [1.54, 1.807) is 10.7 Å². The zero-order valence-corrected chi connectivity index (χ0v) is 21.3. The summed E-state index contributed by atoms with van der Waals surface area (Å²) < 4.78 is 44.1. The lowest BCUT2D eigenvalue weighted by Crippen LogP contribution is -2.44. The molecule has 1 saturated heterocycles. The number of hydrogen-bond donors (Lipinski definition) is 1. The van der Waals surface area contributed by atoms with E-state index in [1.165, 1.54) is 18.5 Å². The Morgan fingerprint density at radius 2 is 1.84 bits per heavy atom. The normalized spacial score (nSPS) is 17.5. The van der Waals surface area contributed by atoms with Gasteiger partial charge in [0.2, 0.25) is 0 Å². The molecule has 0 saturated carbocycles. The topological polar surface area (TPSA) is 92.8 Å². The highest BCUT2D eigenvalue weighted by molar-refractivity contribution is 6.09. The second-order valence-electron chi connectivity index (χ2n) is 10.8. The molecule has 5 rings (SSSR count). The van der Waals surface area contributed by atoms with Gasteiger partial charge in [-0.2, -0.15) is 5.10 Å². The zero-order valence-electron chi connectivity index (χ0n) is 21.3.